The van der Waals surface area contributed by atoms with Gasteiger partial charge in [0, 0.05) is 0 Å². The quantitative estimate of drug-likeness (QED) is 0.916. The summed E-state index contributed by atoms with van der Waals surface area (Å²) in [5.41, 5.74) is -0.572. The van der Waals surface area contributed by atoms with Crippen LogP contribution in [0, 0.1) is 0 Å². The van der Waals surface area contributed by atoms with Crippen molar-refractivity contribution >= 4 is 34.8 Å². The normalized spacial score (nSPS) is 17.3. The first-order chi connectivity index (χ1) is 8.41. The molecule has 0 aromatic carbocycles. The lowest BCUT2D eigenvalue weighted by Crippen LogP contribution is -2.63. The fourth-order valence-electron chi connectivity index (χ4n) is 1.82. The topological polar surface area (TPSA) is 66.8 Å². The number of likely N-dealkylation sites (tertiary alicyclic amines) is 1. The van der Waals surface area contributed by atoms with Gasteiger partial charge >= 0.3 is 5.97 Å². The van der Waals surface area contributed by atoms with E-state index in [4.69, 9.17) is 21.4 Å². The number of ether oxygens (including phenoxy) is 1. The second-order valence-corrected chi connectivity index (χ2v) is 5.71. The summed E-state index contributed by atoms with van der Waals surface area (Å²) in [6, 6.07) is 1.68. The Hall–Kier alpha value is -1.11. The molecule has 5 nitrogen and oxygen atoms in total. The highest BCUT2D eigenvalue weighted by molar-refractivity contribution is 7.12. The van der Waals surface area contributed by atoms with Crippen molar-refractivity contribution in [2.45, 2.75) is 12.5 Å². The van der Waals surface area contributed by atoms with E-state index < -0.39 is 11.6 Å². The highest BCUT2D eigenvalue weighted by Crippen LogP contribution is 2.30. The second-order valence-electron chi connectivity index (χ2n) is 4.39. The van der Waals surface area contributed by atoms with E-state index in [2.05, 4.69) is 0 Å². The van der Waals surface area contributed by atoms with Gasteiger partial charge in [-0.15, -0.1) is 11.3 Å². The highest BCUT2D eigenvalue weighted by atomic mass is 35.5. The Kier molecular flexibility index (Phi) is 3.61. The summed E-state index contributed by atoms with van der Waals surface area (Å²) in [5.74, 6) is -1.14. The molecule has 1 aromatic rings. The summed E-state index contributed by atoms with van der Waals surface area (Å²) < 4.78 is 5.23. The molecule has 0 unspecified atom stereocenters. The molecule has 0 aliphatic carbocycles. The number of carbonyl (C=O) groups excluding carboxylic acids is 1. The average Bonchev–Trinajstić information content (AvgIpc) is 2.68. The van der Waals surface area contributed by atoms with Crippen molar-refractivity contribution in [3.63, 3.8) is 0 Å². The molecule has 0 radical (unpaired) electrons. The molecular formula is C11H12ClNO4S. The van der Waals surface area contributed by atoms with Crippen LogP contribution in [0.2, 0.25) is 5.02 Å². The van der Waals surface area contributed by atoms with Crippen molar-refractivity contribution in [1.29, 1.82) is 0 Å². The second kappa shape index (κ2) is 4.87. The third kappa shape index (κ3) is 2.66. The molecule has 1 saturated heterocycles. The molecule has 1 aliphatic rings. The molecule has 0 bridgehead atoms. The van der Waals surface area contributed by atoms with E-state index >= 15 is 0 Å². The highest BCUT2D eigenvalue weighted by Gasteiger charge is 2.43. The minimum atomic E-state index is -1.01. The van der Waals surface area contributed by atoms with Crippen LogP contribution in [0.1, 0.15) is 16.6 Å². The summed E-state index contributed by atoms with van der Waals surface area (Å²) >= 11 is 7.18. The fourth-order valence-corrected chi connectivity index (χ4v) is 2.92. The standard InChI is InChI=1S/C11H12ClNO4S/c1-11(17-4-8(14)15)5-13(6-11)10(16)9-7(12)2-3-18-9/h2-3H,4-6H2,1H3,(H,14,15). The maximum Gasteiger partial charge on any atom is 0.329 e. The summed E-state index contributed by atoms with van der Waals surface area (Å²) in [6.07, 6.45) is 0. The number of carboxylic acid groups (broad SMARTS) is 1. The molecule has 1 amide bonds. The first-order valence-electron chi connectivity index (χ1n) is 5.29. The summed E-state index contributed by atoms with van der Waals surface area (Å²) in [4.78, 5) is 24.5. The van der Waals surface area contributed by atoms with Gasteiger partial charge < -0.3 is 14.7 Å². The predicted molar refractivity (Wildman–Crippen MR) is 67.2 cm³/mol. The van der Waals surface area contributed by atoms with Gasteiger partial charge in [-0.05, 0) is 18.4 Å². The van der Waals surface area contributed by atoms with Gasteiger partial charge in [0.05, 0.1) is 18.1 Å². The molecule has 0 saturated carbocycles. The molecule has 0 atom stereocenters. The molecule has 7 heteroatoms. The number of hydrogen-bond donors (Lipinski definition) is 1. The Morgan fingerprint density at radius 2 is 2.28 bits per heavy atom. The number of amides is 1. The first-order valence-corrected chi connectivity index (χ1v) is 6.55. The zero-order valence-corrected chi connectivity index (χ0v) is 11.3. The van der Waals surface area contributed by atoms with E-state index in [-0.39, 0.29) is 12.5 Å². The Morgan fingerprint density at radius 1 is 1.61 bits per heavy atom. The Labute approximate surface area is 113 Å². The van der Waals surface area contributed by atoms with Crippen LogP contribution in [0.5, 0.6) is 0 Å². The van der Waals surface area contributed by atoms with Gasteiger partial charge in [0.1, 0.15) is 17.1 Å². The predicted octanol–water partition coefficient (Wildman–Crippen LogP) is 1.72. The van der Waals surface area contributed by atoms with Crippen molar-refractivity contribution in [1.82, 2.24) is 4.90 Å². The number of thiophene rings is 1. The SMILES string of the molecule is CC1(OCC(=O)O)CN(C(=O)c2sccc2Cl)C1. The van der Waals surface area contributed by atoms with Crippen molar-refractivity contribution < 1.29 is 19.4 Å². The maximum absolute atomic E-state index is 12.0. The van der Waals surface area contributed by atoms with Crippen LogP contribution in [-0.4, -0.2) is 47.2 Å². The van der Waals surface area contributed by atoms with Gasteiger partial charge in [-0.2, -0.15) is 0 Å². The van der Waals surface area contributed by atoms with Crippen LogP contribution in [0.25, 0.3) is 0 Å². The summed E-state index contributed by atoms with van der Waals surface area (Å²) in [6.45, 7) is 2.20. The number of carboxylic acids is 1. The van der Waals surface area contributed by atoms with Gasteiger partial charge in [0.2, 0.25) is 0 Å². The van der Waals surface area contributed by atoms with Crippen LogP contribution in [0.15, 0.2) is 11.4 Å². The molecule has 1 N–H and O–H groups in total. The Morgan fingerprint density at radius 3 is 2.78 bits per heavy atom. The lowest BCUT2D eigenvalue weighted by molar-refractivity contribution is -0.159. The molecule has 2 heterocycles. The van der Waals surface area contributed by atoms with Gasteiger partial charge in [-0.3, -0.25) is 4.79 Å². The first kappa shape index (κ1) is 13.3. The smallest absolute Gasteiger partial charge is 0.329 e. The Bertz CT molecular complexity index is 481. The lowest BCUT2D eigenvalue weighted by Gasteiger charge is -2.47. The van der Waals surface area contributed by atoms with Crippen LogP contribution < -0.4 is 0 Å². The van der Waals surface area contributed by atoms with Gasteiger partial charge in [0.25, 0.3) is 5.91 Å². The average molecular weight is 290 g/mol. The minimum Gasteiger partial charge on any atom is -0.480 e. The van der Waals surface area contributed by atoms with Gasteiger partial charge in [-0.1, -0.05) is 11.6 Å². The molecule has 98 valence electrons. The minimum absolute atomic E-state index is 0.133. The lowest BCUT2D eigenvalue weighted by atomic mass is 9.96. The Balaban J connectivity index is 1.91. The van der Waals surface area contributed by atoms with E-state index in [0.717, 1.165) is 0 Å². The van der Waals surface area contributed by atoms with Crippen molar-refractivity contribution in [3.05, 3.63) is 21.3 Å². The largest absolute Gasteiger partial charge is 0.480 e. The maximum atomic E-state index is 12.0. The number of hydrogen-bond acceptors (Lipinski definition) is 4. The van der Waals surface area contributed by atoms with Gasteiger partial charge in [0.15, 0.2) is 0 Å². The third-order valence-corrected chi connectivity index (χ3v) is 4.02. The van der Waals surface area contributed by atoms with E-state index in [0.29, 0.717) is 23.0 Å². The van der Waals surface area contributed by atoms with E-state index in [9.17, 15) is 9.59 Å². The van der Waals surface area contributed by atoms with E-state index in [1.54, 1.807) is 23.3 Å². The molecule has 1 aromatic heterocycles. The van der Waals surface area contributed by atoms with Crippen LogP contribution in [-0.2, 0) is 9.53 Å². The molecule has 2 rings (SSSR count). The number of rotatable bonds is 4. The van der Waals surface area contributed by atoms with Crippen molar-refractivity contribution in [2.75, 3.05) is 19.7 Å². The monoisotopic (exact) mass is 289 g/mol. The van der Waals surface area contributed by atoms with Crippen molar-refractivity contribution in [2.24, 2.45) is 0 Å². The molecular weight excluding hydrogens is 278 g/mol. The van der Waals surface area contributed by atoms with Gasteiger partial charge in [-0.25, -0.2) is 4.79 Å². The number of nitrogens with zero attached hydrogens (tertiary/aromatic N) is 1. The summed E-state index contributed by atoms with van der Waals surface area (Å²) in [7, 11) is 0. The van der Waals surface area contributed by atoms with E-state index in [1.165, 1.54) is 11.3 Å². The molecule has 18 heavy (non-hydrogen) atoms. The zero-order valence-electron chi connectivity index (χ0n) is 9.68. The van der Waals surface area contributed by atoms with Crippen LogP contribution in [0.4, 0.5) is 0 Å². The van der Waals surface area contributed by atoms with Crippen LogP contribution >= 0.6 is 22.9 Å². The third-order valence-electron chi connectivity index (χ3n) is 2.69. The molecule has 1 fully saturated rings. The molecule has 0 spiro atoms. The van der Waals surface area contributed by atoms with Crippen molar-refractivity contribution in [3.8, 4) is 0 Å². The zero-order chi connectivity index (χ0) is 13.3. The fraction of sp³-hybridized carbons (Fsp3) is 0.455. The number of carbonyl (C=O) groups is 2. The van der Waals surface area contributed by atoms with E-state index in [1.807, 2.05) is 0 Å². The number of halogens is 1. The molecule has 1 aliphatic heterocycles. The number of aliphatic carboxylic acids is 1. The van der Waals surface area contributed by atoms with Crippen LogP contribution in [0.3, 0.4) is 0 Å². The summed E-state index contributed by atoms with van der Waals surface area (Å²) in [5, 5.41) is 10.7.